The summed E-state index contributed by atoms with van der Waals surface area (Å²) in [6.45, 7) is 3.72. The summed E-state index contributed by atoms with van der Waals surface area (Å²) in [5, 5.41) is 0. The van der Waals surface area contributed by atoms with Crippen LogP contribution in [0.15, 0.2) is 35.2 Å². The van der Waals surface area contributed by atoms with E-state index in [1.165, 1.54) is 18.9 Å². The highest BCUT2D eigenvalue weighted by Gasteiger charge is 2.29. The van der Waals surface area contributed by atoms with Gasteiger partial charge in [-0.15, -0.1) is 11.8 Å². The maximum Gasteiger partial charge on any atom is 0.321 e. The van der Waals surface area contributed by atoms with Crippen LogP contribution in [0.4, 0.5) is 0 Å². The molecule has 3 heteroatoms. The number of carbonyl (C=O) groups excluding carboxylic acids is 1. The fraction of sp³-hybridized carbons (Fsp3) is 0.364. The van der Waals surface area contributed by atoms with Gasteiger partial charge in [-0.1, -0.05) is 18.2 Å². The summed E-state index contributed by atoms with van der Waals surface area (Å²) >= 11 is 1.50. The smallest absolute Gasteiger partial charge is 0.321 e. The van der Waals surface area contributed by atoms with Crippen LogP contribution < -0.4 is 0 Å². The molecule has 0 radical (unpaired) electrons. The highest BCUT2D eigenvalue weighted by molar-refractivity contribution is 8.01. The predicted octanol–water partition coefficient (Wildman–Crippen LogP) is 2.73. The van der Waals surface area contributed by atoms with Crippen molar-refractivity contribution >= 4 is 17.7 Å². The molecule has 0 atom stereocenters. The SMILES string of the molecule is COC(=O)C(C)(C)Sc1ccccc1. The van der Waals surface area contributed by atoms with Crippen LogP contribution in [0.1, 0.15) is 13.8 Å². The number of hydrogen-bond donors (Lipinski definition) is 0. The van der Waals surface area contributed by atoms with Crippen molar-refractivity contribution in [2.75, 3.05) is 7.11 Å². The lowest BCUT2D eigenvalue weighted by atomic mass is 10.2. The molecule has 0 N–H and O–H groups in total. The lowest BCUT2D eigenvalue weighted by Crippen LogP contribution is -2.28. The van der Waals surface area contributed by atoms with E-state index in [1.807, 2.05) is 44.2 Å². The molecule has 2 nitrogen and oxygen atoms in total. The number of ether oxygens (including phenoxy) is 1. The van der Waals surface area contributed by atoms with E-state index < -0.39 is 4.75 Å². The van der Waals surface area contributed by atoms with Gasteiger partial charge in [-0.2, -0.15) is 0 Å². The monoisotopic (exact) mass is 210 g/mol. The molecule has 0 saturated carbocycles. The fourth-order valence-corrected chi connectivity index (χ4v) is 2.12. The number of benzene rings is 1. The minimum atomic E-state index is -0.532. The third-order valence-electron chi connectivity index (χ3n) is 1.79. The van der Waals surface area contributed by atoms with Gasteiger partial charge in [-0.05, 0) is 26.0 Å². The molecule has 0 saturated heterocycles. The second kappa shape index (κ2) is 4.51. The predicted molar refractivity (Wildman–Crippen MR) is 58.4 cm³/mol. The van der Waals surface area contributed by atoms with Crippen LogP contribution in [-0.4, -0.2) is 17.8 Å². The number of carbonyl (C=O) groups is 1. The lowest BCUT2D eigenvalue weighted by molar-refractivity contribution is -0.142. The van der Waals surface area contributed by atoms with Crippen LogP contribution in [0.25, 0.3) is 0 Å². The first-order valence-electron chi connectivity index (χ1n) is 4.39. The second-order valence-electron chi connectivity index (χ2n) is 3.42. The van der Waals surface area contributed by atoms with Gasteiger partial charge in [0, 0.05) is 4.90 Å². The number of methoxy groups -OCH3 is 1. The number of esters is 1. The Morgan fingerprint density at radius 3 is 2.36 bits per heavy atom. The van der Waals surface area contributed by atoms with Gasteiger partial charge in [-0.25, -0.2) is 0 Å². The van der Waals surface area contributed by atoms with Crippen LogP contribution in [0.2, 0.25) is 0 Å². The first-order chi connectivity index (χ1) is 6.56. The zero-order chi connectivity index (χ0) is 10.6. The van der Waals surface area contributed by atoms with Gasteiger partial charge >= 0.3 is 5.97 Å². The van der Waals surface area contributed by atoms with Crippen molar-refractivity contribution in [3.63, 3.8) is 0 Å². The van der Waals surface area contributed by atoms with E-state index in [4.69, 9.17) is 4.74 Å². The van der Waals surface area contributed by atoms with Crippen LogP contribution in [0.3, 0.4) is 0 Å². The van der Waals surface area contributed by atoms with Gasteiger partial charge < -0.3 is 4.74 Å². The van der Waals surface area contributed by atoms with Crippen molar-refractivity contribution in [2.45, 2.75) is 23.5 Å². The zero-order valence-corrected chi connectivity index (χ0v) is 9.43. The second-order valence-corrected chi connectivity index (χ2v) is 5.11. The summed E-state index contributed by atoms with van der Waals surface area (Å²) in [6.07, 6.45) is 0. The van der Waals surface area contributed by atoms with Crippen molar-refractivity contribution in [2.24, 2.45) is 0 Å². The summed E-state index contributed by atoms with van der Waals surface area (Å²) in [5.74, 6) is -0.202. The number of thioether (sulfide) groups is 1. The topological polar surface area (TPSA) is 26.3 Å². The molecule has 0 aliphatic heterocycles. The molecule has 0 unspecified atom stereocenters. The van der Waals surface area contributed by atoms with E-state index in [1.54, 1.807) is 0 Å². The summed E-state index contributed by atoms with van der Waals surface area (Å²) in [6, 6.07) is 9.82. The van der Waals surface area contributed by atoms with Gasteiger partial charge in [0.15, 0.2) is 0 Å². The summed E-state index contributed by atoms with van der Waals surface area (Å²) in [4.78, 5) is 12.5. The first kappa shape index (κ1) is 11.1. The Kier molecular flexibility index (Phi) is 3.58. The normalized spacial score (nSPS) is 11.1. The molecule has 0 aliphatic rings. The molecule has 0 spiro atoms. The first-order valence-corrected chi connectivity index (χ1v) is 5.20. The third-order valence-corrected chi connectivity index (χ3v) is 2.98. The van der Waals surface area contributed by atoms with Crippen molar-refractivity contribution in [3.8, 4) is 0 Å². The summed E-state index contributed by atoms with van der Waals surface area (Å²) < 4.78 is 4.20. The largest absolute Gasteiger partial charge is 0.468 e. The van der Waals surface area contributed by atoms with Crippen LogP contribution in [-0.2, 0) is 9.53 Å². The van der Waals surface area contributed by atoms with Gasteiger partial charge in [-0.3, -0.25) is 4.79 Å². The van der Waals surface area contributed by atoms with E-state index in [9.17, 15) is 4.79 Å². The molecular formula is C11H14O2S. The Bertz CT molecular complexity index is 306. The van der Waals surface area contributed by atoms with Gasteiger partial charge in [0.1, 0.15) is 4.75 Å². The van der Waals surface area contributed by atoms with Crippen LogP contribution >= 0.6 is 11.8 Å². The molecule has 1 rings (SSSR count). The highest BCUT2D eigenvalue weighted by Crippen LogP contribution is 2.32. The molecule has 0 amide bonds. The molecule has 0 bridgehead atoms. The molecule has 0 aliphatic carbocycles. The van der Waals surface area contributed by atoms with Crippen molar-refractivity contribution < 1.29 is 9.53 Å². The van der Waals surface area contributed by atoms with E-state index in [0.717, 1.165) is 4.90 Å². The van der Waals surface area contributed by atoms with Crippen molar-refractivity contribution in [1.82, 2.24) is 0 Å². The van der Waals surface area contributed by atoms with Gasteiger partial charge in [0.25, 0.3) is 0 Å². The Labute approximate surface area is 88.7 Å². The Morgan fingerprint density at radius 2 is 1.86 bits per heavy atom. The van der Waals surface area contributed by atoms with Crippen LogP contribution in [0, 0.1) is 0 Å². The van der Waals surface area contributed by atoms with E-state index in [2.05, 4.69) is 0 Å². The highest BCUT2D eigenvalue weighted by atomic mass is 32.2. The molecule has 14 heavy (non-hydrogen) atoms. The minimum absolute atomic E-state index is 0.202. The molecule has 1 aromatic rings. The third kappa shape index (κ3) is 2.77. The maximum absolute atomic E-state index is 11.4. The zero-order valence-electron chi connectivity index (χ0n) is 8.61. The summed E-state index contributed by atoms with van der Waals surface area (Å²) in [5.41, 5.74) is 0. The van der Waals surface area contributed by atoms with E-state index in [0.29, 0.717) is 0 Å². The van der Waals surface area contributed by atoms with E-state index in [-0.39, 0.29) is 5.97 Å². The molecule has 0 heterocycles. The maximum atomic E-state index is 11.4. The molecule has 76 valence electrons. The molecule has 0 fully saturated rings. The molecule has 0 aromatic heterocycles. The van der Waals surface area contributed by atoms with E-state index >= 15 is 0 Å². The Morgan fingerprint density at radius 1 is 1.29 bits per heavy atom. The van der Waals surface area contributed by atoms with Gasteiger partial charge in [0.2, 0.25) is 0 Å². The average Bonchev–Trinajstić information content (AvgIpc) is 2.17. The number of hydrogen-bond acceptors (Lipinski definition) is 3. The molecule has 1 aromatic carbocycles. The lowest BCUT2D eigenvalue weighted by Gasteiger charge is -2.20. The Hall–Kier alpha value is -0.960. The van der Waals surface area contributed by atoms with Crippen molar-refractivity contribution in [3.05, 3.63) is 30.3 Å². The van der Waals surface area contributed by atoms with Crippen LogP contribution in [0.5, 0.6) is 0 Å². The average molecular weight is 210 g/mol. The van der Waals surface area contributed by atoms with Crippen molar-refractivity contribution in [1.29, 1.82) is 0 Å². The Balaban J connectivity index is 2.73. The number of rotatable bonds is 3. The summed E-state index contributed by atoms with van der Waals surface area (Å²) in [7, 11) is 1.41. The quantitative estimate of drug-likeness (QED) is 0.567. The van der Waals surface area contributed by atoms with Gasteiger partial charge in [0.05, 0.1) is 7.11 Å². The fourth-order valence-electron chi connectivity index (χ4n) is 1.07. The standard InChI is InChI=1S/C11H14O2S/c1-11(2,10(12)13-3)14-9-7-5-4-6-8-9/h4-8H,1-3H3. The molecular weight excluding hydrogens is 196 g/mol. The minimum Gasteiger partial charge on any atom is -0.468 e.